The van der Waals surface area contributed by atoms with Crippen molar-refractivity contribution < 1.29 is 14.9 Å². The molecule has 1 aromatic carbocycles. The Morgan fingerprint density at radius 2 is 1.58 bits per heavy atom. The second-order valence-corrected chi connectivity index (χ2v) is 8.83. The number of phenolic OH excluding ortho intramolecular Hbond substituents is 2. The van der Waals surface area contributed by atoms with E-state index in [0.717, 1.165) is 28.9 Å². The topological polar surface area (TPSA) is 75.7 Å². The van der Waals surface area contributed by atoms with Gasteiger partial charge in [-0.25, -0.2) is 0 Å². The molecule has 1 heterocycles. The largest absolute Gasteiger partial charge is 0.504 e. The van der Waals surface area contributed by atoms with Crippen LogP contribution in [0.15, 0.2) is 12.1 Å². The van der Waals surface area contributed by atoms with Crippen LogP contribution in [-0.4, -0.2) is 22.9 Å². The minimum absolute atomic E-state index is 0. The molecule has 1 unspecified atom stereocenters. The molecule has 4 aliphatic carbocycles. The van der Waals surface area contributed by atoms with Crippen LogP contribution in [0.5, 0.6) is 11.5 Å². The Bertz CT molecular complexity index is 646. The van der Waals surface area contributed by atoms with E-state index in [0.29, 0.717) is 13.0 Å². The fourth-order valence-corrected chi connectivity index (χ4v) is 6.78. The van der Waals surface area contributed by atoms with Gasteiger partial charge in [0.2, 0.25) is 0 Å². The lowest BCUT2D eigenvalue weighted by molar-refractivity contribution is -0.165. The SMILES string of the molecule is Cl.Cl.NC[C@@H]1OC(C23CC4CC(CC(C4)C2)C3)Cc2c1ccc(O)c2O. The van der Waals surface area contributed by atoms with Crippen molar-refractivity contribution in [1.29, 1.82) is 0 Å². The van der Waals surface area contributed by atoms with Crippen LogP contribution in [0, 0.1) is 23.2 Å². The molecule has 1 aliphatic heterocycles. The third-order valence-corrected chi connectivity index (χ3v) is 7.35. The Balaban J connectivity index is 0.000000980. The van der Waals surface area contributed by atoms with Crippen molar-refractivity contribution in [3.63, 3.8) is 0 Å². The summed E-state index contributed by atoms with van der Waals surface area (Å²) < 4.78 is 6.52. The van der Waals surface area contributed by atoms with Crippen molar-refractivity contribution in [3.05, 3.63) is 23.3 Å². The predicted molar refractivity (Wildman–Crippen MR) is 105 cm³/mol. The van der Waals surface area contributed by atoms with Gasteiger partial charge in [-0.05, 0) is 73.3 Å². The summed E-state index contributed by atoms with van der Waals surface area (Å²) in [5.41, 5.74) is 8.06. The molecule has 0 radical (unpaired) electrons. The van der Waals surface area contributed by atoms with E-state index in [1.165, 1.54) is 38.5 Å². The minimum atomic E-state index is -0.168. The molecule has 2 atom stereocenters. The van der Waals surface area contributed by atoms with Crippen molar-refractivity contribution in [2.45, 2.75) is 57.2 Å². The van der Waals surface area contributed by atoms with Gasteiger partial charge >= 0.3 is 0 Å². The molecule has 4 saturated carbocycles. The van der Waals surface area contributed by atoms with E-state index in [2.05, 4.69) is 0 Å². The van der Waals surface area contributed by atoms with E-state index in [9.17, 15) is 10.2 Å². The zero-order chi connectivity index (χ0) is 16.5. The molecule has 4 fully saturated rings. The minimum Gasteiger partial charge on any atom is -0.504 e. The van der Waals surface area contributed by atoms with E-state index in [4.69, 9.17) is 10.5 Å². The first kappa shape index (κ1) is 20.1. The van der Waals surface area contributed by atoms with E-state index in [1.54, 1.807) is 6.07 Å². The number of phenols is 2. The number of aromatic hydroxyl groups is 2. The van der Waals surface area contributed by atoms with Crippen LogP contribution in [0.3, 0.4) is 0 Å². The zero-order valence-corrected chi connectivity index (χ0v) is 16.5. The van der Waals surface area contributed by atoms with Gasteiger partial charge in [0.1, 0.15) is 0 Å². The molecule has 1 aromatic rings. The van der Waals surface area contributed by atoms with Crippen LogP contribution < -0.4 is 5.73 Å². The third-order valence-electron chi connectivity index (χ3n) is 7.35. The fourth-order valence-electron chi connectivity index (χ4n) is 6.78. The van der Waals surface area contributed by atoms with E-state index in [1.807, 2.05) is 6.07 Å². The van der Waals surface area contributed by atoms with Crippen LogP contribution in [0.1, 0.15) is 55.8 Å². The van der Waals surface area contributed by atoms with E-state index < -0.39 is 0 Å². The summed E-state index contributed by atoms with van der Waals surface area (Å²) >= 11 is 0. The van der Waals surface area contributed by atoms with Gasteiger partial charge in [-0.3, -0.25) is 0 Å². The number of hydrogen-bond acceptors (Lipinski definition) is 4. The molecular formula is C20H29Cl2NO3. The van der Waals surface area contributed by atoms with Crippen LogP contribution in [0.4, 0.5) is 0 Å². The Kier molecular flexibility index (Phi) is 5.44. The summed E-state index contributed by atoms with van der Waals surface area (Å²) in [4.78, 5) is 0. The smallest absolute Gasteiger partial charge is 0.161 e. The molecule has 6 heteroatoms. The summed E-state index contributed by atoms with van der Waals surface area (Å²) in [7, 11) is 0. The average Bonchev–Trinajstić information content (AvgIpc) is 2.56. The fraction of sp³-hybridized carbons (Fsp3) is 0.700. The number of nitrogens with two attached hydrogens (primary N) is 1. The first-order valence-electron chi connectivity index (χ1n) is 9.47. The average molecular weight is 402 g/mol. The number of benzene rings is 1. The number of rotatable bonds is 2. The lowest BCUT2D eigenvalue weighted by Crippen LogP contribution is -2.54. The van der Waals surface area contributed by atoms with Crippen molar-refractivity contribution in [1.82, 2.24) is 0 Å². The maximum atomic E-state index is 10.4. The van der Waals surface area contributed by atoms with Gasteiger partial charge < -0.3 is 20.7 Å². The van der Waals surface area contributed by atoms with Crippen molar-refractivity contribution in [2.75, 3.05) is 6.54 Å². The molecule has 0 aromatic heterocycles. The molecule has 4 bridgehead atoms. The highest BCUT2D eigenvalue weighted by Gasteiger charge is 2.55. The predicted octanol–water partition coefficient (Wildman–Crippen LogP) is 4.10. The molecule has 5 aliphatic rings. The number of hydrogen-bond donors (Lipinski definition) is 3. The highest BCUT2D eigenvalue weighted by Crippen LogP contribution is 2.63. The Labute approximate surface area is 167 Å². The van der Waals surface area contributed by atoms with Crippen LogP contribution in [-0.2, 0) is 11.2 Å². The Morgan fingerprint density at radius 3 is 2.12 bits per heavy atom. The Hall–Kier alpha value is -0.680. The molecule has 4 nitrogen and oxygen atoms in total. The maximum absolute atomic E-state index is 10.4. The molecule has 6 rings (SSSR count). The first-order chi connectivity index (χ1) is 11.6. The summed E-state index contributed by atoms with van der Waals surface area (Å²) in [6, 6.07) is 3.41. The standard InChI is InChI=1S/C20H27NO3.2ClH/c21-10-17-14-1-2-16(22)19(23)15(14)6-18(24-17)20-7-11-3-12(8-20)5-13(4-11)9-20;;/h1-2,11-13,17-18,22-23H,3-10,21H2;2*1H/t11?,12?,13?,17-,18?,20?;;/m0../s1. The second-order valence-electron chi connectivity index (χ2n) is 8.83. The van der Waals surface area contributed by atoms with Gasteiger partial charge in [0, 0.05) is 18.5 Å². The van der Waals surface area contributed by atoms with E-state index in [-0.39, 0.29) is 53.9 Å². The van der Waals surface area contributed by atoms with Crippen molar-refractivity contribution >= 4 is 24.8 Å². The summed E-state index contributed by atoms with van der Waals surface area (Å²) in [5.74, 6) is 2.61. The van der Waals surface area contributed by atoms with Gasteiger partial charge in [-0.15, -0.1) is 24.8 Å². The quantitative estimate of drug-likeness (QED) is 0.651. The lowest BCUT2D eigenvalue weighted by Gasteiger charge is -2.60. The highest BCUT2D eigenvalue weighted by atomic mass is 35.5. The first-order valence-corrected chi connectivity index (χ1v) is 9.47. The molecule has 0 amide bonds. The van der Waals surface area contributed by atoms with E-state index >= 15 is 0 Å². The summed E-state index contributed by atoms with van der Waals surface area (Å²) in [6.45, 7) is 0.417. The second kappa shape index (κ2) is 7.05. The molecule has 4 N–H and O–H groups in total. The number of halogens is 2. The number of fused-ring (bicyclic) bond motifs is 1. The lowest BCUT2D eigenvalue weighted by atomic mass is 9.47. The monoisotopic (exact) mass is 401 g/mol. The van der Waals surface area contributed by atoms with Crippen molar-refractivity contribution in [2.24, 2.45) is 28.9 Å². The highest BCUT2D eigenvalue weighted by molar-refractivity contribution is 5.85. The van der Waals surface area contributed by atoms with Crippen LogP contribution >= 0.6 is 24.8 Å². The van der Waals surface area contributed by atoms with Gasteiger partial charge in [0.05, 0.1) is 12.2 Å². The van der Waals surface area contributed by atoms with Crippen LogP contribution in [0.25, 0.3) is 0 Å². The Morgan fingerprint density at radius 1 is 1.00 bits per heavy atom. The van der Waals surface area contributed by atoms with Gasteiger partial charge in [0.25, 0.3) is 0 Å². The molecule has 0 spiro atoms. The van der Waals surface area contributed by atoms with Crippen LogP contribution in [0.2, 0.25) is 0 Å². The summed E-state index contributed by atoms with van der Waals surface area (Å²) in [6.07, 6.45) is 8.72. The molecule has 0 saturated heterocycles. The maximum Gasteiger partial charge on any atom is 0.161 e. The molecule has 26 heavy (non-hydrogen) atoms. The van der Waals surface area contributed by atoms with Gasteiger partial charge in [-0.1, -0.05) is 6.07 Å². The normalized spacial score (nSPS) is 39.7. The van der Waals surface area contributed by atoms with Gasteiger partial charge in [0.15, 0.2) is 11.5 Å². The zero-order valence-electron chi connectivity index (χ0n) is 14.9. The van der Waals surface area contributed by atoms with Gasteiger partial charge in [-0.2, -0.15) is 0 Å². The van der Waals surface area contributed by atoms with Crippen molar-refractivity contribution in [3.8, 4) is 11.5 Å². The molecular weight excluding hydrogens is 373 g/mol. The third kappa shape index (κ3) is 2.90. The summed E-state index contributed by atoms with van der Waals surface area (Å²) in [5, 5.41) is 20.3. The molecule has 146 valence electrons. The number of ether oxygens (including phenoxy) is 1.